The number of nitrogens with zero attached hydrogens (tertiary/aromatic N) is 1. The molecule has 1 aliphatic carbocycles. The van der Waals surface area contributed by atoms with Crippen molar-refractivity contribution in [2.75, 3.05) is 5.73 Å². The number of hydrogen-bond donors (Lipinski definition) is 3. The summed E-state index contributed by atoms with van der Waals surface area (Å²) >= 11 is 0. The van der Waals surface area contributed by atoms with Crippen LogP contribution in [-0.4, -0.2) is 16.0 Å². The molecule has 0 bridgehead atoms. The van der Waals surface area contributed by atoms with Crippen molar-refractivity contribution in [1.82, 2.24) is 10.3 Å². The maximum absolute atomic E-state index is 12.1. The van der Waals surface area contributed by atoms with Gasteiger partial charge in [0.1, 0.15) is 5.75 Å². The molecule has 1 amide bonds. The number of aromatic nitrogens is 1. The van der Waals surface area contributed by atoms with Gasteiger partial charge in [-0.1, -0.05) is 6.07 Å². The maximum Gasteiger partial charge on any atom is 0.274 e. The summed E-state index contributed by atoms with van der Waals surface area (Å²) in [5.41, 5.74) is 8.80. The van der Waals surface area contributed by atoms with Gasteiger partial charge in [-0.2, -0.15) is 0 Å². The van der Waals surface area contributed by atoms with Gasteiger partial charge < -0.3 is 16.2 Å². The van der Waals surface area contributed by atoms with Crippen LogP contribution in [0.25, 0.3) is 0 Å². The Kier molecular flexibility index (Phi) is 3.02. The molecule has 102 valence electrons. The predicted molar refractivity (Wildman–Crippen MR) is 75.3 cm³/mol. The molecule has 2 aromatic rings. The molecule has 0 spiro atoms. The number of carbonyl (C=O) groups excluding carboxylic acids is 1. The SMILES string of the molecule is Nc1ccc2c(c1)CCC2NC(=O)c1ncccc1O. The number of aromatic hydroxyl groups is 1. The Morgan fingerprint density at radius 1 is 1.40 bits per heavy atom. The summed E-state index contributed by atoms with van der Waals surface area (Å²) in [6.07, 6.45) is 3.20. The van der Waals surface area contributed by atoms with E-state index in [9.17, 15) is 9.90 Å². The summed E-state index contributed by atoms with van der Waals surface area (Å²) < 4.78 is 0. The lowest BCUT2D eigenvalue weighted by molar-refractivity contribution is 0.0928. The van der Waals surface area contributed by atoms with Gasteiger partial charge in [-0.3, -0.25) is 4.79 Å². The van der Waals surface area contributed by atoms with Gasteiger partial charge in [0.15, 0.2) is 5.69 Å². The standard InChI is InChI=1S/C15H15N3O2/c16-10-4-5-11-9(8-10)3-6-12(11)18-15(20)14-13(19)2-1-7-17-14/h1-2,4-5,7-8,12,19H,3,6,16H2,(H,18,20). The van der Waals surface area contributed by atoms with Crippen LogP contribution in [-0.2, 0) is 6.42 Å². The van der Waals surface area contributed by atoms with E-state index in [1.165, 1.54) is 17.8 Å². The van der Waals surface area contributed by atoms with Crippen LogP contribution in [0.3, 0.4) is 0 Å². The lowest BCUT2D eigenvalue weighted by Gasteiger charge is -2.14. The lowest BCUT2D eigenvalue weighted by atomic mass is 10.1. The van der Waals surface area contributed by atoms with Crippen LogP contribution in [0, 0.1) is 0 Å². The molecule has 20 heavy (non-hydrogen) atoms. The van der Waals surface area contributed by atoms with Crippen LogP contribution >= 0.6 is 0 Å². The van der Waals surface area contributed by atoms with Crippen molar-refractivity contribution >= 4 is 11.6 Å². The molecule has 1 atom stereocenters. The van der Waals surface area contributed by atoms with Crippen LogP contribution in [0.5, 0.6) is 5.75 Å². The van der Waals surface area contributed by atoms with E-state index in [4.69, 9.17) is 5.73 Å². The molecule has 0 fully saturated rings. The van der Waals surface area contributed by atoms with Gasteiger partial charge >= 0.3 is 0 Å². The smallest absolute Gasteiger partial charge is 0.274 e. The van der Waals surface area contributed by atoms with Crippen molar-refractivity contribution in [3.05, 3.63) is 53.3 Å². The molecular weight excluding hydrogens is 254 g/mol. The van der Waals surface area contributed by atoms with Crippen LogP contribution in [0.4, 0.5) is 5.69 Å². The molecule has 1 aliphatic rings. The Morgan fingerprint density at radius 2 is 2.25 bits per heavy atom. The van der Waals surface area contributed by atoms with Crippen LogP contribution in [0.1, 0.15) is 34.1 Å². The first-order valence-corrected chi connectivity index (χ1v) is 6.48. The fourth-order valence-corrected chi connectivity index (χ4v) is 2.59. The van der Waals surface area contributed by atoms with Crippen LogP contribution < -0.4 is 11.1 Å². The summed E-state index contributed by atoms with van der Waals surface area (Å²) in [7, 11) is 0. The van der Waals surface area contributed by atoms with Gasteiger partial charge in [0.25, 0.3) is 5.91 Å². The van der Waals surface area contributed by atoms with Crippen LogP contribution in [0.2, 0.25) is 0 Å². The Labute approximate surface area is 116 Å². The Bertz CT molecular complexity index is 670. The van der Waals surface area contributed by atoms with E-state index in [1.807, 2.05) is 18.2 Å². The first-order chi connectivity index (χ1) is 9.65. The zero-order chi connectivity index (χ0) is 14.1. The molecule has 5 nitrogen and oxygen atoms in total. The molecule has 4 N–H and O–H groups in total. The topological polar surface area (TPSA) is 88.2 Å². The summed E-state index contributed by atoms with van der Waals surface area (Å²) in [5.74, 6) is -0.474. The number of carbonyl (C=O) groups is 1. The van der Waals surface area contributed by atoms with Gasteiger partial charge in [-0.05, 0) is 48.2 Å². The van der Waals surface area contributed by atoms with Crippen molar-refractivity contribution in [1.29, 1.82) is 0 Å². The van der Waals surface area contributed by atoms with Crippen molar-refractivity contribution < 1.29 is 9.90 Å². The molecule has 0 radical (unpaired) electrons. The number of rotatable bonds is 2. The number of nitrogens with two attached hydrogens (primary N) is 1. The summed E-state index contributed by atoms with van der Waals surface area (Å²) in [6.45, 7) is 0. The van der Waals surface area contributed by atoms with Crippen molar-refractivity contribution in [2.45, 2.75) is 18.9 Å². The zero-order valence-corrected chi connectivity index (χ0v) is 10.8. The predicted octanol–water partition coefficient (Wildman–Crippen LogP) is 1.79. The van der Waals surface area contributed by atoms with E-state index in [2.05, 4.69) is 10.3 Å². The molecule has 1 aromatic carbocycles. The largest absolute Gasteiger partial charge is 0.505 e. The zero-order valence-electron chi connectivity index (χ0n) is 10.8. The first-order valence-electron chi connectivity index (χ1n) is 6.48. The van der Waals surface area contributed by atoms with Gasteiger partial charge in [-0.15, -0.1) is 0 Å². The highest BCUT2D eigenvalue weighted by Gasteiger charge is 2.25. The molecule has 1 aromatic heterocycles. The van der Waals surface area contributed by atoms with E-state index in [0.29, 0.717) is 0 Å². The summed E-state index contributed by atoms with van der Waals surface area (Å²) in [5, 5.41) is 12.6. The minimum atomic E-state index is -0.363. The molecule has 0 aliphatic heterocycles. The third-order valence-corrected chi connectivity index (χ3v) is 3.55. The fraction of sp³-hybridized carbons (Fsp3) is 0.200. The number of pyridine rings is 1. The maximum atomic E-state index is 12.1. The molecular formula is C15H15N3O2. The second kappa shape index (κ2) is 4.85. The highest BCUT2D eigenvalue weighted by Crippen LogP contribution is 2.32. The summed E-state index contributed by atoms with van der Waals surface area (Å²) in [6, 6.07) is 8.70. The van der Waals surface area contributed by atoms with Gasteiger partial charge in [0.05, 0.1) is 6.04 Å². The van der Waals surface area contributed by atoms with Crippen molar-refractivity contribution in [2.24, 2.45) is 0 Å². The number of nitrogen functional groups attached to an aromatic ring is 1. The van der Waals surface area contributed by atoms with Crippen LogP contribution in [0.15, 0.2) is 36.5 Å². The quantitative estimate of drug-likeness (QED) is 0.725. The van der Waals surface area contributed by atoms with E-state index < -0.39 is 0 Å². The number of fused-ring (bicyclic) bond motifs is 1. The number of nitrogens with one attached hydrogen (secondary N) is 1. The summed E-state index contributed by atoms with van der Waals surface area (Å²) in [4.78, 5) is 16.0. The van der Waals surface area contributed by atoms with E-state index >= 15 is 0 Å². The van der Waals surface area contributed by atoms with E-state index in [0.717, 1.165) is 24.1 Å². The van der Waals surface area contributed by atoms with Crippen molar-refractivity contribution in [3.8, 4) is 5.75 Å². The normalized spacial score (nSPS) is 16.7. The molecule has 3 rings (SSSR count). The third kappa shape index (κ3) is 2.18. The minimum absolute atomic E-state index is 0.0522. The Balaban J connectivity index is 1.81. The van der Waals surface area contributed by atoms with E-state index in [1.54, 1.807) is 6.07 Å². The number of benzene rings is 1. The average molecular weight is 269 g/mol. The minimum Gasteiger partial charge on any atom is -0.505 e. The Hall–Kier alpha value is -2.56. The second-order valence-electron chi connectivity index (χ2n) is 4.89. The lowest BCUT2D eigenvalue weighted by Crippen LogP contribution is -2.27. The van der Waals surface area contributed by atoms with Gasteiger partial charge in [-0.25, -0.2) is 4.98 Å². The number of hydrogen-bond acceptors (Lipinski definition) is 4. The molecule has 5 heteroatoms. The molecule has 0 saturated heterocycles. The van der Waals surface area contributed by atoms with Gasteiger partial charge in [0.2, 0.25) is 0 Å². The number of anilines is 1. The fourth-order valence-electron chi connectivity index (χ4n) is 2.59. The second-order valence-corrected chi connectivity index (χ2v) is 4.89. The molecule has 1 heterocycles. The van der Waals surface area contributed by atoms with Gasteiger partial charge in [0, 0.05) is 11.9 Å². The number of aryl methyl sites for hydroxylation is 1. The average Bonchev–Trinajstić information content (AvgIpc) is 2.81. The van der Waals surface area contributed by atoms with Crippen molar-refractivity contribution in [3.63, 3.8) is 0 Å². The Morgan fingerprint density at radius 3 is 3.05 bits per heavy atom. The highest BCUT2D eigenvalue weighted by atomic mass is 16.3. The third-order valence-electron chi connectivity index (χ3n) is 3.55. The highest BCUT2D eigenvalue weighted by molar-refractivity contribution is 5.95. The van der Waals surface area contributed by atoms with E-state index in [-0.39, 0.29) is 23.4 Å². The molecule has 0 saturated carbocycles. The monoisotopic (exact) mass is 269 g/mol. The first kappa shape index (κ1) is 12.5. The number of amides is 1. The molecule has 1 unspecified atom stereocenters.